The van der Waals surface area contributed by atoms with Gasteiger partial charge in [0.25, 0.3) is 0 Å². The minimum absolute atomic E-state index is 0.179. The van der Waals surface area contributed by atoms with Gasteiger partial charge in [-0.1, -0.05) is 6.92 Å². The molecule has 3 unspecified atom stereocenters. The van der Waals surface area contributed by atoms with Crippen molar-refractivity contribution in [3.8, 4) is 0 Å². The number of piperidine rings is 1. The average Bonchev–Trinajstić information content (AvgIpc) is 2.29. The topological polar surface area (TPSA) is 52.6 Å². The quantitative estimate of drug-likeness (QED) is 0.778. The van der Waals surface area contributed by atoms with Gasteiger partial charge >= 0.3 is 5.97 Å². The average molecular weight is 270 g/mol. The Morgan fingerprint density at radius 2 is 2.05 bits per heavy atom. The maximum absolute atomic E-state index is 11.5. The van der Waals surface area contributed by atoms with E-state index in [-0.39, 0.29) is 6.04 Å². The lowest BCUT2D eigenvalue weighted by Gasteiger charge is -2.39. The van der Waals surface area contributed by atoms with E-state index < -0.39 is 11.5 Å². The molecule has 1 heterocycles. The Morgan fingerprint density at radius 1 is 1.42 bits per heavy atom. The first-order valence-corrected chi connectivity index (χ1v) is 7.49. The SMILES string of the molecule is CC1CCC(C)N(CCC(C)(NC(C)C)C(=O)O)C1. The fraction of sp³-hybridized carbons (Fsp3) is 0.933. The Balaban J connectivity index is 2.58. The maximum Gasteiger partial charge on any atom is 0.323 e. The van der Waals surface area contributed by atoms with Gasteiger partial charge in [0, 0.05) is 25.2 Å². The van der Waals surface area contributed by atoms with E-state index in [1.54, 1.807) is 6.92 Å². The molecule has 112 valence electrons. The number of nitrogens with zero attached hydrogens (tertiary/aromatic N) is 1. The fourth-order valence-corrected chi connectivity index (χ4v) is 2.94. The highest BCUT2D eigenvalue weighted by atomic mass is 16.4. The molecule has 0 spiro atoms. The van der Waals surface area contributed by atoms with Crippen LogP contribution in [0, 0.1) is 5.92 Å². The normalized spacial score (nSPS) is 28.3. The summed E-state index contributed by atoms with van der Waals surface area (Å²) in [5.41, 5.74) is -0.825. The Bertz CT molecular complexity index is 307. The second-order valence-electron chi connectivity index (χ2n) is 6.71. The summed E-state index contributed by atoms with van der Waals surface area (Å²) < 4.78 is 0. The molecule has 1 rings (SSSR count). The highest BCUT2D eigenvalue weighted by Crippen LogP contribution is 2.23. The maximum atomic E-state index is 11.5. The molecule has 0 amide bonds. The van der Waals surface area contributed by atoms with Crippen molar-refractivity contribution < 1.29 is 9.90 Å². The summed E-state index contributed by atoms with van der Waals surface area (Å²) in [5.74, 6) is -0.0238. The van der Waals surface area contributed by atoms with Crippen molar-refractivity contribution in [2.24, 2.45) is 5.92 Å². The monoisotopic (exact) mass is 270 g/mol. The molecule has 0 aromatic heterocycles. The van der Waals surface area contributed by atoms with Crippen LogP contribution in [-0.2, 0) is 4.79 Å². The van der Waals surface area contributed by atoms with Crippen LogP contribution in [0.15, 0.2) is 0 Å². The summed E-state index contributed by atoms with van der Waals surface area (Å²) in [4.78, 5) is 13.9. The van der Waals surface area contributed by atoms with Crippen LogP contribution in [0.4, 0.5) is 0 Å². The minimum atomic E-state index is -0.825. The molecule has 3 atom stereocenters. The van der Waals surface area contributed by atoms with Crippen LogP contribution in [-0.4, -0.2) is 46.7 Å². The van der Waals surface area contributed by atoms with E-state index in [1.165, 1.54) is 12.8 Å². The van der Waals surface area contributed by atoms with Gasteiger partial charge in [0.15, 0.2) is 0 Å². The van der Waals surface area contributed by atoms with Gasteiger partial charge in [0.1, 0.15) is 5.54 Å². The van der Waals surface area contributed by atoms with Crippen LogP contribution in [0.5, 0.6) is 0 Å². The van der Waals surface area contributed by atoms with Crippen LogP contribution < -0.4 is 5.32 Å². The molecule has 1 fully saturated rings. The number of hydrogen-bond acceptors (Lipinski definition) is 3. The first kappa shape index (κ1) is 16.4. The molecule has 1 saturated heterocycles. The van der Waals surface area contributed by atoms with Crippen LogP contribution in [0.1, 0.15) is 53.9 Å². The number of rotatable bonds is 6. The summed E-state index contributed by atoms with van der Waals surface area (Å²) in [7, 11) is 0. The van der Waals surface area contributed by atoms with Crippen molar-refractivity contribution in [1.82, 2.24) is 10.2 Å². The van der Waals surface area contributed by atoms with Gasteiger partial charge in [-0.25, -0.2) is 0 Å². The summed E-state index contributed by atoms with van der Waals surface area (Å²) >= 11 is 0. The van der Waals surface area contributed by atoms with Gasteiger partial charge in [0.2, 0.25) is 0 Å². The van der Waals surface area contributed by atoms with Gasteiger partial charge in [0.05, 0.1) is 0 Å². The van der Waals surface area contributed by atoms with Crippen molar-refractivity contribution in [2.75, 3.05) is 13.1 Å². The lowest BCUT2D eigenvalue weighted by atomic mass is 9.92. The summed E-state index contributed by atoms with van der Waals surface area (Å²) in [6, 6.07) is 0.757. The number of likely N-dealkylation sites (tertiary alicyclic amines) is 1. The fourth-order valence-electron chi connectivity index (χ4n) is 2.94. The molecule has 19 heavy (non-hydrogen) atoms. The van der Waals surface area contributed by atoms with Crippen LogP contribution in [0.2, 0.25) is 0 Å². The third kappa shape index (κ3) is 4.77. The molecule has 0 bridgehead atoms. The second-order valence-corrected chi connectivity index (χ2v) is 6.71. The third-order valence-electron chi connectivity index (χ3n) is 4.23. The van der Waals surface area contributed by atoms with Crippen LogP contribution in [0.3, 0.4) is 0 Å². The molecule has 0 aromatic carbocycles. The Labute approximate surface area is 117 Å². The van der Waals surface area contributed by atoms with Crippen molar-refractivity contribution >= 4 is 5.97 Å². The Hall–Kier alpha value is -0.610. The van der Waals surface area contributed by atoms with Crippen molar-refractivity contribution in [3.63, 3.8) is 0 Å². The van der Waals surface area contributed by atoms with Gasteiger partial charge in [-0.15, -0.1) is 0 Å². The van der Waals surface area contributed by atoms with E-state index in [4.69, 9.17) is 0 Å². The predicted octanol–water partition coefficient (Wildman–Crippen LogP) is 2.34. The molecule has 0 saturated carbocycles. The molecule has 1 aliphatic heterocycles. The largest absolute Gasteiger partial charge is 0.480 e. The highest BCUT2D eigenvalue weighted by Gasteiger charge is 2.34. The van der Waals surface area contributed by atoms with Gasteiger partial charge < -0.3 is 10.0 Å². The molecular formula is C15H30N2O2. The Morgan fingerprint density at radius 3 is 2.58 bits per heavy atom. The predicted molar refractivity (Wildman–Crippen MR) is 78.4 cm³/mol. The molecule has 4 heteroatoms. The summed E-state index contributed by atoms with van der Waals surface area (Å²) in [6.07, 6.45) is 3.16. The van der Waals surface area contributed by atoms with Gasteiger partial charge in [-0.05, 0) is 52.9 Å². The minimum Gasteiger partial charge on any atom is -0.480 e. The zero-order valence-electron chi connectivity index (χ0n) is 13.1. The Kier molecular flexibility index (Phi) is 5.81. The molecule has 0 radical (unpaired) electrons. The molecule has 2 N–H and O–H groups in total. The lowest BCUT2D eigenvalue weighted by Crippen LogP contribution is -2.55. The van der Waals surface area contributed by atoms with Crippen molar-refractivity contribution in [1.29, 1.82) is 0 Å². The first-order chi connectivity index (χ1) is 8.74. The zero-order chi connectivity index (χ0) is 14.6. The van der Waals surface area contributed by atoms with Crippen LogP contribution >= 0.6 is 0 Å². The van der Waals surface area contributed by atoms with E-state index in [0.29, 0.717) is 12.5 Å². The van der Waals surface area contributed by atoms with Crippen LogP contribution in [0.25, 0.3) is 0 Å². The third-order valence-corrected chi connectivity index (χ3v) is 4.23. The molecular weight excluding hydrogens is 240 g/mol. The molecule has 0 aliphatic carbocycles. The second kappa shape index (κ2) is 6.71. The number of carboxylic acids is 1. The van der Waals surface area contributed by atoms with E-state index in [2.05, 4.69) is 24.1 Å². The van der Waals surface area contributed by atoms with E-state index in [1.807, 2.05) is 13.8 Å². The van der Waals surface area contributed by atoms with Gasteiger partial charge in [-0.3, -0.25) is 10.1 Å². The number of carbonyl (C=O) groups is 1. The first-order valence-electron chi connectivity index (χ1n) is 7.49. The smallest absolute Gasteiger partial charge is 0.323 e. The van der Waals surface area contributed by atoms with E-state index >= 15 is 0 Å². The molecule has 1 aliphatic rings. The van der Waals surface area contributed by atoms with Crippen molar-refractivity contribution in [2.45, 2.75) is 71.5 Å². The van der Waals surface area contributed by atoms with E-state index in [9.17, 15) is 9.90 Å². The zero-order valence-corrected chi connectivity index (χ0v) is 13.1. The van der Waals surface area contributed by atoms with Crippen molar-refractivity contribution in [3.05, 3.63) is 0 Å². The standard InChI is InChI=1S/C15H30N2O2/c1-11(2)16-15(5,14(18)19)8-9-17-10-12(3)6-7-13(17)4/h11-13,16H,6-10H2,1-5H3,(H,18,19). The number of aliphatic carboxylic acids is 1. The number of carboxylic acid groups (broad SMARTS) is 1. The summed E-state index contributed by atoms with van der Waals surface area (Å²) in [6.45, 7) is 12.3. The molecule has 0 aromatic rings. The highest BCUT2D eigenvalue weighted by molar-refractivity contribution is 5.78. The lowest BCUT2D eigenvalue weighted by molar-refractivity contribution is -0.145. The number of nitrogens with one attached hydrogen (secondary N) is 1. The number of hydrogen-bond donors (Lipinski definition) is 2. The summed E-state index contributed by atoms with van der Waals surface area (Å²) in [5, 5.41) is 12.6. The van der Waals surface area contributed by atoms with Gasteiger partial charge in [-0.2, -0.15) is 0 Å². The van der Waals surface area contributed by atoms with E-state index in [0.717, 1.165) is 19.0 Å². The molecule has 4 nitrogen and oxygen atoms in total.